The van der Waals surface area contributed by atoms with Crippen LogP contribution in [0, 0.1) is 6.92 Å². The van der Waals surface area contributed by atoms with Crippen molar-refractivity contribution in [2.45, 2.75) is 38.9 Å². The molecule has 0 spiro atoms. The average molecular weight is 480 g/mol. The number of nitrogens with zero attached hydrogens (tertiary/aromatic N) is 3. The predicted molar refractivity (Wildman–Crippen MR) is 114 cm³/mol. The van der Waals surface area contributed by atoms with Crippen molar-refractivity contribution in [2.24, 2.45) is 4.99 Å². The zero-order valence-electron chi connectivity index (χ0n) is 15.4. The van der Waals surface area contributed by atoms with Crippen LogP contribution in [-0.4, -0.2) is 60.9 Å². The molecule has 0 aliphatic carbocycles. The van der Waals surface area contributed by atoms with Crippen molar-refractivity contribution in [1.29, 1.82) is 0 Å². The lowest BCUT2D eigenvalue weighted by molar-refractivity contribution is 0.353. The van der Waals surface area contributed by atoms with Crippen LogP contribution in [0.2, 0.25) is 0 Å². The van der Waals surface area contributed by atoms with E-state index in [1.807, 2.05) is 19.2 Å². The van der Waals surface area contributed by atoms with Gasteiger partial charge in [0.1, 0.15) is 0 Å². The molecule has 1 aliphatic heterocycles. The van der Waals surface area contributed by atoms with Gasteiger partial charge in [0, 0.05) is 38.6 Å². The lowest BCUT2D eigenvalue weighted by Crippen LogP contribution is -2.57. The molecule has 1 aliphatic rings. The van der Waals surface area contributed by atoms with Crippen molar-refractivity contribution in [2.75, 3.05) is 31.9 Å². The first-order chi connectivity index (χ1) is 11.3. The fourth-order valence-electron chi connectivity index (χ4n) is 2.82. The minimum absolute atomic E-state index is 0. The lowest BCUT2D eigenvalue weighted by atomic mass is 10.1. The number of rotatable bonds is 4. The summed E-state index contributed by atoms with van der Waals surface area (Å²) in [5.41, 5.74) is 2.41. The van der Waals surface area contributed by atoms with E-state index in [-0.39, 0.29) is 29.7 Å². The van der Waals surface area contributed by atoms with Crippen molar-refractivity contribution in [1.82, 2.24) is 15.2 Å². The van der Waals surface area contributed by atoms with Gasteiger partial charge < -0.3 is 10.2 Å². The lowest BCUT2D eigenvalue weighted by Gasteiger charge is -2.39. The fourth-order valence-corrected chi connectivity index (χ4v) is 4.18. The summed E-state index contributed by atoms with van der Waals surface area (Å²) in [6.07, 6.45) is 4.51. The predicted octanol–water partition coefficient (Wildman–Crippen LogP) is 2.03. The summed E-state index contributed by atoms with van der Waals surface area (Å²) in [6.45, 7) is 10.0. The van der Waals surface area contributed by atoms with Crippen LogP contribution in [0.4, 0.5) is 0 Å². The molecule has 8 heteroatoms. The van der Waals surface area contributed by atoms with E-state index >= 15 is 0 Å². The first-order valence-corrected chi connectivity index (χ1v) is 10.1. The maximum atomic E-state index is 12.2. The van der Waals surface area contributed by atoms with E-state index in [9.17, 15) is 8.42 Å². The van der Waals surface area contributed by atoms with Gasteiger partial charge in [-0.3, -0.25) is 9.98 Å². The third-order valence-corrected chi connectivity index (χ3v) is 6.99. The Kier molecular flexibility index (Phi) is 8.11. The summed E-state index contributed by atoms with van der Waals surface area (Å²) in [5, 5.41) is 3.29. The molecule has 2 rings (SSSR count). The smallest absolute Gasteiger partial charge is 0.194 e. The Morgan fingerprint density at radius 2 is 2.16 bits per heavy atom. The van der Waals surface area contributed by atoms with Crippen molar-refractivity contribution in [3.05, 3.63) is 29.6 Å². The Bertz CT molecular complexity index is 704. The quantitative estimate of drug-likeness (QED) is 0.406. The third kappa shape index (κ3) is 5.54. The summed E-state index contributed by atoms with van der Waals surface area (Å²) < 4.78 is 23.6. The van der Waals surface area contributed by atoms with Crippen molar-refractivity contribution in [3.63, 3.8) is 0 Å². The fraction of sp³-hybridized carbons (Fsp3) is 0.647. The van der Waals surface area contributed by atoms with Crippen LogP contribution in [0.25, 0.3) is 0 Å². The van der Waals surface area contributed by atoms with Crippen molar-refractivity contribution < 1.29 is 8.42 Å². The summed E-state index contributed by atoms with van der Waals surface area (Å²) >= 11 is 0. The summed E-state index contributed by atoms with van der Waals surface area (Å²) in [4.78, 5) is 10.9. The average Bonchev–Trinajstić information content (AvgIpc) is 2.51. The summed E-state index contributed by atoms with van der Waals surface area (Å²) in [7, 11) is -3.04. The highest BCUT2D eigenvalue weighted by Gasteiger charge is 2.40. The molecule has 1 saturated heterocycles. The molecule has 2 heterocycles. The van der Waals surface area contributed by atoms with Gasteiger partial charge in [0.15, 0.2) is 15.8 Å². The molecule has 142 valence electrons. The van der Waals surface area contributed by atoms with Crippen molar-refractivity contribution in [3.8, 4) is 0 Å². The van der Waals surface area contributed by atoms with E-state index in [0.717, 1.165) is 18.9 Å². The Morgan fingerprint density at radius 3 is 2.76 bits per heavy atom. The Morgan fingerprint density at radius 1 is 1.44 bits per heavy atom. The molecule has 1 aromatic rings. The molecule has 25 heavy (non-hydrogen) atoms. The second kappa shape index (κ2) is 9.16. The molecule has 0 unspecified atom stereocenters. The standard InChI is InChI=1S/C17H28N4O2S.HI/c1-5-19-16(20-9-7-15-6-8-18-12-14(15)2)21-10-11-24(22,23)17(3,4)13-21;/h6,8,12H,5,7,9-11,13H2,1-4H3,(H,19,20);1H. The van der Waals surface area contributed by atoms with E-state index in [0.29, 0.717) is 19.6 Å². The van der Waals surface area contributed by atoms with Gasteiger partial charge in [0.05, 0.1) is 10.5 Å². The molecule has 0 radical (unpaired) electrons. The molecular weight excluding hydrogens is 451 g/mol. The molecule has 1 aromatic heterocycles. The largest absolute Gasteiger partial charge is 0.357 e. The molecular formula is C17H29IN4O2S. The number of nitrogens with one attached hydrogen (secondary N) is 1. The van der Waals surface area contributed by atoms with Gasteiger partial charge >= 0.3 is 0 Å². The molecule has 6 nitrogen and oxygen atoms in total. The Hall–Kier alpha value is -0.900. The molecule has 0 bridgehead atoms. The molecule has 1 N–H and O–H groups in total. The third-order valence-electron chi connectivity index (χ3n) is 4.46. The minimum Gasteiger partial charge on any atom is -0.357 e. The van der Waals surface area contributed by atoms with Crippen molar-refractivity contribution >= 4 is 39.8 Å². The number of pyridine rings is 1. The maximum absolute atomic E-state index is 12.2. The van der Waals surface area contributed by atoms with Crippen LogP contribution in [0.5, 0.6) is 0 Å². The van der Waals surface area contributed by atoms with E-state index in [2.05, 4.69) is 22.1 Å². The highest BCUT2D eigenvalue weighted by atomic mass is 127. The number of aryl methyl sites for hydroxylation is 1. The van der Waals surface area contributed by atoms with Crippen LogP contribution in [0.3, 0.4) is 0 Å². The van der Waals surface area contributed by atoms with Crippen LogP contribution < -0.4 is 5.32 Å². The topological polar surface area (TPSA) is 74.7 Å². The molecule has 0 aromatic carbocycles. The molecule has 1 fully saturated rings. The maximum Gasteiger partial charge on any atom is 0.194 e. The van der Waals surface area contributed by atoms with E-state index in [1.54, 1.807) is 20.0 Å². The normalized spacial score (nSPS) is 19.2. The molecule has 0 amide bonds. The number of guanidine groups is 1. The number of halogens is 1. The Labute approximate surface area is 168 Å². The van der Waals surface area contributed by atoms with Gasteiger partial charge in [-0.1, -0.05) is 0 Å². The van der Waals surface area contributed by atoms with E-state index < -0.39 is 14.6 Å². The number of aromatic nitrogens is 1. The van der Waals surface area contributed by atoms with Crippen LogP contribution in [-0.2, 0) is 16.3 Å². The zero-order chi connectivity index (χ0) is 17.8. The van der Waals surface area contributed by atoms with Crippen LogP contribution >= 0.6 is 24.0 Å². The number of hydrogen-bond acceptors (Lipinski definition) is 4. The van der Waals surface area contributed by atoms with Gasteiger partial charge in [-0.2, -0.15) is 0 Å². The van der Waals surface area contributed by atoms with E-state index in [1.165, 1.54) is 11.1 Å². The van der Waals surface area contributed by atoms with Crippen LogP contribution in [0.15, 0.2) is 23.5 Å². The highest BCUT2D eigenvalue weighted by Crippen LogP contribution is 2.23. The zero-order valence-corrected chi connectivity index (χ0v) is 18.6. The summed E-state index contributed by atoms with van der Waals surface area (Å²) in [5.74, 6) is 0.973. The van der Waals surface area contributed by atoms with Gasteiger partial charge in [0.2, 0.25) is 0 Å². The second-order valence-corrected chi connectivity index (χ2v) is 9.53. The molecule has 0 saturated carbocycles. The van der Waals surface area contributed by atoms with Gasteiger partial charge in [-0.15, -0.1) is 24.0 Å². The molecule has 0 atom stereocenters. The number of sulfone groups is 1. The minimum atomic E-state index is -3.04. The first-order valence-electron chi connectivity index (χ1n) is 8.42. The monoisotopic (exact) mass is 480 g/mol. The SMILES string of the molecule is CCNC(=NCCc1ccncc1C)N1CCS(=O)(=O)C(C)(C)C1.I. The first kappa shape index (κ1) is 22.1. The van der Waals surface area contributed by atoms with Gasteiger partial charge in [-0.25, -0.2) is 8.42 Å². The van der Waals surface area contributed by atoms with Crippen LogP contribution in [0.1, 0.15) is 31.9 Å². The number of hydrogen-bond donors (Lipinski definition) is 1. The Balaban J connectivity index is 0.00000312. The van der Waals surface area contributed by atoms with E-state index in [4.69, 9.17) is 4.99 Å². The highest BCUT2D eigenvalue weighted by molar-refractivity contribution is 14.0. The van der Waals surface area contributed by atoms with Gasteiger partial charge in [0.25, 0.3) is 0 Å². The number of aliphatic imine (C=N–C) groups is 1. The second-order valence-electron chi connectivity index (χ2n) is 6.79. The summed E-state index contributed by atoms with van der Waals surface area (Å²) in [6, 6.07) is 2.02. The van der Waals surface area contributed by atoms with Gasteiger partial charge in [-0.05, 0) is 51.3 Å².